The lowest BCUT2D eigenvalue weighted by Gasteiger charge is -2.32. The number of anilines is 1. The number of nitrogens with zero attached hydrogens (tertiary/aromatic N) is 2. The van der Waals surface area contributed by atoms with Crippen LogP contribution >= 0.6 is 24.8 Å². The smallest absolute Gasteiger partial charge is 0.253 e. The van der Waals surface area contributed by atoms with Crippen LogP contribution in [0, 0.1) is 0 Å². The maximum atomic E-state index is 12.4. The summed E-state index contributed by atoms with van der Waals surface area (Å²) in [6.07, 6.45) is 1.06. The first-order chi connectivity index (χ1) is 9.74. The van der Waals surface area contributed by atoms with Gasteiger partial charge in [-0.15, -0.1) is 24.8 Å². The molecule has 2 aliphatic rings. The highest BCUT2D eigenvalue weighted by Crippen LogP contribution is 2.19. The molecule has 1 aromatic rings. The molecule has 2 N–H and O–H groups in total. The number of halogens is 2. The molecule has 5 nitrogen and oxygen atoms in total. The van der Waals surface area contributed by atoms with Gasteiger partial charge in [0.1, 0.15) is 0 Å². The van der Waals surface area contributed by atoms with Crippen molar-refractivity contribution in [1.29, 1.82) is 0 Å². The monoisotopic (exact) mass is 347 g/mol. The van der Waals surface area contributed by atoms with Gasteiger partial charge in [-0.3, -0.25) is 9.69 Å². The molecule has 3 rings (SSSR count). The Hall–Kier alpha value is -1.01. The van der Waals surface area contributed by atoms with Gasteiger partial charge >= 0.3 is 0 Å². The number of carbonyl (C=O) groups is 1. The average Bonchev–Trinajstić information content (AvgIpc) is 2.98. The van der Waals surface area contributed by atoms with Crippen LogP contribution in [0.25, 0.3) is 0 Å². The normalized spacial score (nSPS) is 21.8. The largest absolute Gasteiger partial charge is 0.399 e. The van der Waals surface area contributed by atoms with Crippen LogP contribution in [-0.2, 0) is 4.74 Å². The van der Waals surface area contributed by atoms with Gasteiger partial charge in [0.25, 0.3) is 5.91 Å². The number of amides is 1. The first-order valence-corrected chi connectivity index (χ1v) is 7.20. The maximum Gasteiger partial charge on any atom is 0.253 e. The van der Waals surface area contributed by atoms with Crippen LogP contribution in [0.5, 0.6) is 0 Å². The molecule has 0 radical (unpaired) electrons. The predicted molar refractivity (Wildman–Crippen MR) is 92.1 cm³/mol. The first-order valence-electron chi connectivity index (χ1n) is 7.20. The number of hydrogen-bond donors (Lipinski definition) is 1. The molecule has 0 bridgehead atoms. The number of carbonyl (C=O) groups excluding carboxylic acids is 1. The van der Waals surface area contributed by atoms with E-state index < -0.39 is 0 Å². The van der Waals surface area contributed by atoms with Gasteiger partial charge in [-0.05, 0) is 30.7 Å². The number of benzene rings is 1. The van der Waals surface area contributed by atoms with Crippen molar-refractivity contribution >= 4 is 36.4 Å². The third kappa shape index (κ3) is 4.26. The molecule has 7 heteroatoms. The molecule has 0 aliphatic carbocycles. The van der Waals surface area contributed by atoms with E-state index in [2.05, 4.69) is 4.90 Å². The first kappa shape index (κ1) is 19.0. The summed E-state index contributed by atoms with van der Waals surface area (Å²) in [6.45, 7) is 5.24. The Morgan fingerprint density at radius 1 is 1.09 bits per heavy atom. The van der Waals surface area contributed by atoms with E-state index in [9.17, 15) is 4.79 Å². The molecule has 2 saturated heterocycles. The summed E-state index contributed by atoms with van der Waals surface area (Å²) >= 11 is 0. The molecule has 22 heavy (non-hydrogen) atoms. The Labute approximate surface area is 143 Å². The maximum absolute atomic E-state index is 12.4. The Morgan fingerprint density at radius 3 is 2.36 bits per heavy atom. The molecule has 1 amide bonds. The van der Waals surface area contributed by atoms with Crippen molar-refractivity contribution < 1.29 is 9.53 Å². The van der Waals surface area contributed by atoms with Crippen molar-refractivity contribution in [1.82, 2.24) is 9.80 Å². The molecule has 124 valence electrons. The van der Waals surface area contributed by atoms with E-state index in [0.717, 1.165) is 51.4 Å². The molecule has 1 aromatic carbocycles. The van der Waals surface area contributed by atoms with Crippen LogP contribution < -0.4 is 5.73 Å². The topological polar surface area (TPSA) is 58.8 Å². The summed E-state index contributed by atoms with van der Waals surface area (Å²) in [4.78, 5) is 16.8. The quantitative estimate of drug-likeness (QED) is 0.826. The molecular weight excluding hydrogens is 325 g/mol. The highest BCUT2D eigenvalue weighted by molar-refractivity contribution is 5.94. The zero-order valence-corrected chi connectivity index (χ0v) is 14.1. The minimum Gasteiger partial charge on any atom is -0.399 e. The number of nitrogen functional groups attached to an aromatic ring is 1. The van der Waals surface area contributed by atoms with Gasteiger partial charge in [0.2, 0.25) is 0 Å². The Balaban J connectivity index is 0.00000121. The van der Waals surface area contributed by atoms with Crippen molar-refractivity contribution in [2.75, 3.05) is 45.1 Å². The fraction of sp³-hybridized carbons (Fsp3) is 0.533. The highest BCUT2D eigenvalue weighted by Gasteiger charge is 2.31. The van der Waals surface area contributed by atoms with Crippen molar-refractivity contribution in [2.24, 2.45) is 0 Å². The summed E-state index contributed by atoms with van der Waals surface area (Å²) in [5, 5.41) is 0. The minimum atomic E-state index is 0. The Bertz CT molecular complexity index is 478. The molecule has 2 heterocycles. The van der Waals surface area contributed by atoms with E-state index in [0.29, 0.717) is 11.7 Å². The van der Waals surface area contributed by atoms with Crippen LogP contribution in [0.4, 0.5) is 5.69 Å². The summed E-state index contributed by atoms with van der Waals surface area (Å²) in [5.41, 5.74) is 7.07. The third-order valence-electron chi connectivity index (χ3n) is 4.17. The molecule has 1 unspecified atom stereocenters. The highest BCUT2D eigenvalue weighted by atomic mass is 35.5. The van der Waals surface area contributed by atoms with Gasteiger partial charge in [0.05, 0.1) is 13.2 Å². The Morgan fingerprint density at radius 2 is 1.73 bits per heavy atom. The van der Waals surface area contributed by atoms with Crippen LogP contribution in [0.3, 0.4) is 0 Å². The number of nitrogens with two attached hydrogens (primary N) is 1. The van der Waals surface area contributed by atoms with E-state index in [4.69, 9.17) is 10.5 Å². The number of rotatable bonds is 2. The lowest BCUT2D eigenvalue weighted by atomic mass is 10.2. The number of ether oxygens (including phenoxy) is 1. The van der Waals surface area contributed by atoms with E-state index in [-0.39, 0.29) is 30.7 Å². The second-order valence-electron chi connectivity index (χ2n) is 5.46. The van der Waals surface area contributed by atoms with Gasteiger partial charge < -0.3 is 15.4 Å². The molecule has 2 aliphatic heterocycles. The summed E-state index contributed by atoms with van der Waals surface area (Å²) in [6, 6.07) is 7.65. The molecular formula is C15H23Cl2N3O2. The van der Waals surface area contributed by atoms with Crippen molar-refractivity contribution in [3.05, 3.63) is 29.8 Å². The van der Waals surface area contributed by atoms with E-state index in [1.165, 1.54) is 0 Å². The summed E-state index contributed by atoms with van der Waals surface area (Å²) in [5.74, 6) is 0.112. The second-order valence-corrected chi connectivity index (χ2v) is 5.46. The fourth-order valence-corrected chi connectivity index (χ4v) is 2.98. The average molecular weight is 348 g/mol. The van der Waals surface area contributed by atoms with E-state index in [1.807, 2.05) is 4.90 Å². The molecule has 0 aromatic heterocycles. The summed E-state index contributed by atoms with van der Waals surface area (Å²) in [7, 11) is 0. The SMILES string of the molecule is Cl.Cl.Nc1ccc(C(=O)N2CCC(N3CCOCC3)C2)cc1. The van der Waals surface area contributed by atoms with Gasteiger partial charge in [0.15, 0.2) is 0 Å². The van der Waals surface area contributed by atoms with E-state index in [1.54, 1.807) is 24.3 Å². The molecule has 2 fully saturated rings. The zero-order valence-electron chi connectivity index (χ0n) is 12.4. The van der Waals surface area contributed by atoms with Crippen molar-refractivity contribution in [3.63, 3.8) is 0 Å². The Kier molecular flexibility index (Phi) is 7.42. The lowest BCUT2D eigenvalue weighted by Crippen LogP contribution is -2.45. The van der Waals surface area contributed by atoms with Crippen LogP contribution in [0.15, 0.2) is 24.3 Å². The zero-order chi connectivity index (χ0) is 13.9. The van der Waals surface area contributed by atoms with Gasteiger partial charge in [0, 0.05) is 43.5 Å². The minimum absolute atomic E-state index is 0. The van der Waals surface area contributed by atoms with Gasteiger partial charge in [-0.25, -0.2) is 0 Å². The van der Waals surface area contributed by atoms with Crippen LogP contribution in [0.2, 0.25) is 0 Å². The summed E-state index contributed by atoms with van der Waals surface area (Å²) < 4.78 is 5.38. The standard InChI is InChI=1S/C15H21N3O2.2ClH/c16-13-3-1-12(2-4-13)15(19)18-6-5-14(11-18)17-7-9-20-10-8-17;;/h1-4,14H,5-11,16H2;2*1H. The van der Waals surface area contributed by atoms with Crippen molar-refractivity contribution in [3.8, 4) is 0 Å². The predicted octanol–water partition coefficient (Wildman–Crippen LogP) is 1.66. The number of likely N-dealkylation sites (tertiary alicyclic amines) is 1. The second kappa shape index (κ2) is 8.58. The third-order valence-corrected chi connectivity index (χ3v) is 4.17. The van der Waals surface area contributed by atoms with Crippen LogP contribution in [-0.4, -0.2) is 61.1 Å². The van der Waals surface area contributed by atoms with Gasteiger partial charge in [-0.2, -0.15) is 0 Å². The van der Waals surface area contributed by atoms with Crippen molar-refractivity contribution in [2.45, 2.75) is 12.5 Å². The molecule has 1 atom stereocenters. The number of hydrogen-bond acceptors (Lipinski definition) is 4. The molecule has 0 saturated carbocycles. The molecule has 0 spiro atoms. The van der Waals surface area contributed by atoms with E-state index >= 15 is 0 Å². The van der Waals surface area contributed by atoms with Gasteiger partial charge in [-0.1, -0.05) is 0 Å². The fourth-order valence-electron chi connectivity index (χ4n) is 2.98. The van der Waals surface area contributed by atoms with Crippen LogP contribution in [0.1, 0.15) is 16.8 Å². The lowest BCUT2D eigenvalue weighted by molar-refractivity contribution is 0.0185. The number of morpholine rings is 1.